The molecule has 0 heterocycles. The molecule has 96 valence electrons. The van der Waals surface area contributed by atoms with E-state index in [9.17, 15) is 4.79 Å². The number of carbonyl (C=O) groups excluding carboxylic acids is 1. The summed E-state index contributed by atoms with van der Waals surface area (Å²) in [7, 11) is 0. The molecule has 0 aliphatic heterocycles. The Morgan fingerprint density at radius 3 is 2.63 bits per heavy atom. The number of amides is 1. The van der Waals surface area contributed by atoms with Crippen LogP contribution in [0.25, 0.3) is 0 Å². The van der Waals surface area contributed by atoms with Crippen molar-refractivity contribution in [1.82, 2.24) is 5.32 Å². The zero-order valence-electron chi connectivity index (χ0n) is 10.8. The lowest BCUT2D eigenvalue weighted by atomic mass is 10.1. The minimum atomic E-state index is 0.105. The molecule has 1 amide bonds. The number of nitrogens with one attached hydrogen (secondary N) is 1. The second-order valence-electron chi connectivity index (χ2n) is 5.02. The van der Waals surface area contributed by atoms with Gasteiger partial charge in [-0.2, -0.15) is 0 Å². The molecule has 2 aromatic carbocycles. The van der Waals surface area contributed by atoms with Gasteiger partial charge in [0.2, 0.25) is 5.91 Å². The van der Waals surface area contributed by atoms with Crippen molar-refractivity contribution in [2.45, 2.75) is 25.3 Å². The monoisotopic (exact) mass is 251 g/mol. The molecule has 1 aliphatic carbocycles. The Hall–Kier alpha value is -2.09. The molecule has 0 spiro atoms. The molecule has 19 heavy (non-hydrogen) atoms. The van der Waals surface area contributed by atoms with Gasteiger partial charge >= 0.3 is 0 Å². The molecule has 2 nitrogen and oxygen atoms in total. The van der Waals surface area contributed by atoms with E-state index in [0.717, 1.165) is 18.4 Å². The fourth-order valence-corrected chi connectivity index (χ4v) is 2.73. The van der Waals surface area contributed by atoms with Gasteiger partial charge in [-0.25, -0.2) is 0 Å². The third kappa shape index (κ3) is 2.68. The normalized spacial score (nSPS) is 16.9. The Labute approximate surface area is 113 Å². The van der Waals surface area contributed by atoms with E-state index in [1.807, 2.05) is 36.4 Å². The Bertz CT molecular complexity index is 577. The van der Waals surface area contributed by atoms with E-state index in [0.29, 0.717) is 6.42 Å². The molecule has 2 aromatic rings. The summed E-state index contributed by atoms with van der Waals surface area (Å²) in [6.45, 7) is 0. The van der Waals surface area contributed by atoms with Crippen LogP contribution < -0.4 is 5.32 Å². The highest BCUT2D eigenvalue weighted by Crippen LogP contribution is 2.30. The van der Waals surface area contributed by atoms with Crippen LogP contribution in [0.5, 0.6) is 0 Å². The highest BCUT2D eigenvalue weighted by Gasteiger charge is 2.23. The van der Waals surface area contributed by atoms with Crippen LogP contribution in [0.2, 0.25) is 0 Å². The van der Waals surface area contributed by atoms with Gasteiger partial charge in [-0.05, 0) is 29.5 Å². The first kappa shape index (κ1) is 12.0. The molecule has 1 N–H and O–H groups in total. The van der Waals surface area contributed by atoms with Gasteiger partial charge in [0.25, 0.3) is 0 Å². The summed E-state index contributed by atoms with van der Waals surface area (Å²) in [6.07, 6.45) is 2.53. The first-order chi connectivity index (χ1) is 9.33. The fourth-order valence-electron chi connectivity index (χ4n) is 2.73. The quantitative estimate of drug-likeness (QED) is 0.892. The van der Waals surface area contributed by atoms with Crippen molar-refractivity contribution in [1.29, 1.82) is 0 Å². The van der Waals surface area contributed by atoms with E-state index in [1.165, 1.54) is 11.1 Å². The van der Waals surface area contributed by atoms with Crippen molar-refractivity contribution in [2.75, 3.05) is 0 Å². The van der Waals surface area contributed by atoms with E-state index in [2.05, 4.69) is 23.5 Å². The minimum absolute atomic E-state index is 0.105. The minimum Gasteiger partial charge on any atom is -0.349 e. The Kier molecular flexibility index (Phi) is 3.32. The summed E-state index contributed by atoms with van der Waals surface area (Å²) >= 11 is 0. The molecule has 0 bridgehead atoms. The standard InChI is InChI=1S/C17H17NO/c19-17(12-13-6-2-1-3-7-13)18-16-11-10-14-8-4-5-9-15(14)16/h1-9,16H,10-12H2,(H,18,19)/t16-/m1/s1. The predicted octanol–water partition coefficient (Wildman–Crippen LogP) is 3.03. The van der Waals surface area contributed by atoms with E-state index in [-0.39, 0.29) is 11.9 Å². The van der Waals surface area contributed by atoms with E-state index >= 15 is 0 Å². The van der Waals surface area contributed by atoms with Crippen molar-refractivity contribution in [3.8, 4) is 0 Å². The van der Waals surface area contributed by atoms with E-state index < -0.39 is 0 Å². The van der Waals surface area contributed by atoms with Gasteiger partial charge in [0.05, 0.1) is 12.5 Å². The highest BCUT2D eigenvalue weighted by molar-refractivity contribution is 5.79. The Morgan fingerprint density at radius 2 is 1.79 bits per heavy atom. The lowest BCUT2D eigenvalue weighted by Crippen LogP contribution is -2.28. The lowest BCUT2D eigenvalue weighted by molar-refractivity contribution is -0.121. The van der Waals surface area contributed by atoms with Gasteiger partial charge in [0.1, 0.15) is 0 Å². The molecule has 1 aliphatic rings. The summed E-state index contributed by atoms with van der Waals surface area (Å²) in [4.78, 5) is 12.1. The number of benzene rings is 2. The fraction of sp³-hybridized carbons (Fsp3) is 0.235. The number of fused-ring (bicyclic) bond motifs is 1. The average molecular weight is 251 g/mol. The second-order valence-corrected chi connectivity index (χ2v) is 5.02. The van der Waals surface area contributed by atoms with Crippen LogP contribution in [0, 0.1) is 0 Å². The van der Waals surface area contributed by atoms with Gasteiger partial charge in [-0.15, -0.1) is 0 Å². The van der Waals surface area contributed by atoms with Crippen LogP contribution in [0.15, 0.2) is 54.6 Å². The summed E-state index contributed by atoms with van der Waals surface area (Å²) in [5.74, 6) is 0.105. The largest absolute Gasteiger partial charge is 0.349 e. The van der Waals surface area contributed by atoms with Crippen LogP contribution in [0.3, 0.4) is 0 Å². The van der Waals surface area contributed by atoms with Crippen molar-refractivity contribution in [2.24, 2.45) is 0 Å². The van der Waals surface area contributed by atoms with Crippen LogP contribution in [0.4, 0.5) is 0 Å². The maximum absolute atomic E-state index is 12.1. The third-order valence-corrected chi connectivity index (χ3v) is 3.68. The van der Waals surface area contributed by atoms with Crippen molar-refractivity contribution >= 4 is 5.91 Å². The first-order valence-corrected chi connectivity index (χ1v) is 6.74. The van der Waals surface area contributed by atoms with E-state index in [1.54, 1.807) is 0 Å². The molecule has 0 radical (unpaired) electrons. The SMILES string of the molecule is O=C(Cc1ccccc1)N[C@@H]1CCc2ccccc21. The van der Waals surface area contributed by atoms with Gasteiger partial charge in [-0.1, -0.05) is 54.6 Å². The number of hydrogen-bond donors (Lipinski definition) is 1. The van der Waals surface area contributed by atoms with Crippen molar-refractivity contribution in [3.63, 3.8) is 0 Å². The van der Waals surface area contributed by atoms with Gasteiger partial charge in [0.15, 0.2) is 0 Å². The smallest absolute Gasteiger partial charge is 0.224 e. The topological polar surface area (TPSA) is 29.1 Å². The number of rotatable bonds is 3. The summed E-state index contributed by atoms with van der Waals surface area (Å²) in [5, 5.41) is 3.14. The van der Waals surface area contributed by atoms with Gasteiger partial charge < -0.3 is 5.32 Å². The van der Waals surface area contributed by atoms with Crippen molar-refractivity contribution < 1.29 is 4.79 Å². The molecule has 0 aromatic heterocycles. The zero-order valence-corrected chi connectivity index (χ0v) is 10.8. The first-order valence-electron chi connectivity index (χ1n) is 6.74. The molecule has 0 fully saturated rings. The summed E-state index contributed by atoms with van der Waals surface area (Å²) in [5.41, 5.74) is 3.71. The molecule has 1 atom stereocenters. The third-order valence-electron chi connectivity index (χ3n) is 3.68. The summed E-state index contributed by atoms with van der Waals surface area (Å²) < 4.78 is 0. The molecule has 3 rings (SSSR count). The van der Waals surface area contributed by atoms with Gasteiger partial charge in [-0.3, -0.25) is 4.79 Å². The molecule has 0 saturated carbocycles. The van der Waals surface area contributed by atoms with Gasteiger partial charge in [0, 0.05) is 0 Å². The number of carbonyl (C=O) groups is 1. The summed E-state index contributed by atoms with van der Waals surface area (Å²) in [6, 6.07) is 18.4. The van der Waals surface area contributed by atoms with Crippen LogP contribution >= 0.6 is 0 Å². The molecule has 2 heteroatoms. The molecule has 0 saturated heterocycles. The zero-order chi connectivity index (χ0) is 13.1. The van der Waals surface area contributed by atoms with Crippen molar-refractivity contribution in [3.05, 3.63) is 71.3 Å². The highest BCUT2D eigenvalue weighted by atomic mass is 16.1. The average Bonchev–Trinajstić information content (AvgIpc) is 2.83. The van der Waals surface area contributed by atoms with Crippen LogP contribution in [-0.2, 0) is 17.6 Å². The Morgan fingerprint density at radius 1 is 1.05 bits per heavy atom. The Balaban J connectivity index is 1.65. The maximum atomic E-state index is 12.1. The predicted molar refractivity (Wildman–Crippen MR) is 75.8 cm³/mol. The number of hydrogen-bond acceptors (Lipinski definition) is 1. The number of aryl methyl sites for hydroxylation is 1. The maximum Gasteiger partial charge on any atom is 0.224 e. The molecule has 0 unspecified atom stereocenters. The second kappa shape index (κ2) is 5.27. The molecular weight excluding hydrogens is 234 g/mol. The molecular formula is C17H17NO. The van der Waals surface area contributed by atoms with Crippen LogP contribution in [0.1, 0.15) is 29.2 Å². The van der Waals surface area contributed by atoms with E-state index in [4.69, 9.17) is 0 Å². The lowest BCUT2D eigenvalue weighted by Gasteiger charge is -2.14. The van der Waals surface area contributed by atoms with Crippen LogP contribution in [-0.4, -0.2) is 5.91 Å².